The predicted molar refractivity (Wildman–Crippen MR) is 93.9 cm³/mol. The highest BCUT2D eigenvalue weighted by atomic mass is 32.1. The summed E-state index contributed by atoms with van der Waals surface area (Å²) in [5.41, 5.74) is 6.36. The lowest BCUT2D eigenvalue weighted by Gasteiger charge is -2.38. The predicted octanol–water partition coefficient (Wildman–Crippen LogP) is 4.41. The molecule has 0 aliphatic carbocycles. The molecule has 1 aliphatic rings. The number of nitrogens with two attached hydrogens (primary N) is 1. The summed E-state index contributed by atoms with van der Waals surface area (Å²) in [6, 6.07) is 5.01. The normalized spacial score (nSPS) is 20.1. The topological polar surface area (TPSA) is 29.3 Å². The molecule has 2 heterocycles. The van der Waals surface area contributed by atoms with E-state index in [2.05, 4.69) is 51.7 Å². The highest BCUT2D eigenvalue weighted by molar-refractivity contribution is 7.12. The van der Waals surface area contributed by atoms with Gasteiger partial charge in [-0.2, -0.15) is 0 Å². The molecule has 120 valence electrons. The zero-order valence-electron chi connectivity index (χ0n) is 14.4. The van der Waals surface area contributed by atoms with Crippen LogP contribution < -0.4 is 5.73 Å². The highest BCUT2D eigenvalue weighted by Gasteiger charge is 2.28. The molecule has 1 unspecified atom stereocenters. The number of hydrogen-bond acceptors (Lipinski definition) is 3. The molecule has 1 aliphatic heterocycles. The first-order valence-corrected chi connectivity index (χ1v) is 9.19. The van der Waals surface area contributed by atoms with Crippen molar-refractivity contribution in [2.24, 2.45) is 17.6 Å². The maximum absolute atomic E-state index is 6.11. The van der Waals surface area contributed by atoms with Gasteiger partial charge in [0, 0.05) is 16.3 Å². The molecule has 0 radical (unpaired) electrons. The fraction of sp³-hybridized carbons (Fsp3) is 0.778. The summed E-state index contributed by atoms with van der Waals surface area (Å²) in [7, 11) is 0. The van der Waals surface area contributed by atoms with Crippen LogP contribution >= 0.6 is 11.3 Å². The minimum absolute atomic E-state index is 0.243. The Morgan fingerprint density at radius 2 is 1.86 bits per heavy atom. The van der Waals surface area contributed by atoms with Crippen molar-refractivity contribution in [3.05, 3.63) is 21.9 Å². The van der Waals surface area contributed by atoms with Gasteiger partial charge in [0.15, 0.2) is 0 Å². The van der Waals surface area contributed by atoms with Crippen LogP contribution in [0.1, 0.15) is 63.3 Å². The van der Waals surface area contributed by atoms with E-state index >= 15 is 0 Å². The van der Waals surface area contributed by atoms with E-state index in [1.165, 1.54) is 35.7 Å². The Hall–Kier alpha value is -0.380. The van der Waals surface area contributed by atoms with Gasteiger partial charge in [0.1, 0.15) is 0 Å². The second-order valence-electron chi connectivity index (χ2n) is 7.82. The monoisotopic (exact) mass is 308 g/mol. The Labute approximate surface area is 134 Å². The largest absolute Gasteiger partial charge is 0.329 e. The second-order valence-corrected chi connectivity index (χ2v) is 8.94. The van der Waals surface area contributed by atoms with Gasteiger partial charge in [0.05, 0.1) is 6.04 Å². The van der Waals surface area contributed by atoms with E-state index < -0.39 is 0 Å². The van der Waals surface area contributed by atoms with E-state index in [9.17, 15) is 0 Å². The van der Waals surface area contributed by atoms with E-state index in [1.807, 2.05) is 11.3 Å². The first kappa shape index (κ1) is 17.0. The van der Waals surface area contributed by atoms with E-state index in [4.69, 9.17) is 5.73 Å². The van der Waals surface area contributed by atoms with Crippen molar-refractivity contribution in [1.29, 1.82) is 0 Å². The first-order chi connectivity index (χ1) is 9.82. The lowest BCUT2D eigenvalue weighted by atomic mass is 9.86. The maximum Gasteiger partial charge on any atom is 0.0564 e. The van der Waals surface area contributed by atoms with Gasteiger partial charge in [-0.05, 0) is 55.3 Å². The molecule has 2 nitrogen and oxygen atoms in total. The van der Waals surface area contributed by atoms with Gasteiger partial charge >= 0.3 is 0 Å². The highest BCUT2D eigenvalue weighted by Crippen LogP contribution is 2.36. The number of thiophene rings is 1. The smallest absolute Gasteiger partial charge is 0.0564 e. The Kier molecular flexibility index (Phi) is 5.50. The fourth-order valence-corrected chi connectivity index (χ4v) is 4.49. The molecule has 1 aromatic heterocycles. The van der Waals surface area contributed by atoms with E-state index in [1.54, 1.807) is 0 Å². The summed E-state index contributed by atoms with van der Waals surface area (Å²) in [6.45, 7) is 14.7. The molecular formula is C18H32N2S. The van der Waals surface area contributed by atoms with Crippen LogP contribution in [-0.4, -0.2) is 24.5 Å². The van der Waals surface area contributed by atoms with Gasteiger partial charge in [0.25, 0.3) is 0 Å². The summed E-state index contributed by atoms with van der Waals surface area (Å²) in [4.78, 5) is 5.52. The van der Waals surface area contributed by atoms with Crippen LogP contribution in [-0.2, 0) is 5.41 Å². The third-order valence-corrected chi connectivity index (χ3v) is 6.49. The lowest BCUT2D eigenvalue weighted by Crippen LogP contribution is -2.40. The first-order valence-electron chi connectivity index (χ1n) is 8.37. The van der Waals surface area contributed by atoms with Crippen molar-refractivity contribution in [3.8, 4) is 0 Å². The number of rotatable bonds is 4. The number of piperidine rings is 1. The van der Waals surface area contributed by atoms with E-state index in [-0.39, 0.29) is 5.41 Å². The molecule has 1 atom stereocenters. The summed E-state index contributed by atoms with van der Waals surface area (Å²) in [6.07, 6.45) is 2.65. The van der Waals surface area contributed by atoms with Gasteiger partial charge < -0.3 is 5.73 Å². The van der Waals surface area contributed by atoms with Gasteiger partial charge in [-0.15, -0.1) is 11.3 Å². The van der Waals surface area contributed by atoms with Crippen molar-refractivity contribution in [1.82, 2.24) is 4.90 Å². The van der Waals surface area contributed by atoms with Crippen molar-refractivity contribution in [2.75, 3.05) is 19.6 Å². The van der Waals surface area contributed by atoms with Gasteiger partial charge in [-0.1, -0.05) is 34.6 Å². The van der Waals surface area contributed by atoms with Crippen LogP contribution in [0.2, 0.25) is 0 Å². The summed E-state index contributed by atoms with van der Waals surface area (Å²) in [5, 5.41) is 0. The third kappa shape index (κ3) is 4.08. The molecular weight excluding hydrogens is 276 g/mol. The van der Waals surface area contributed by atoms with Crippen molar-refractivity contribution in [3.63, 3.8) is 0 Å². The zero-order valence-corrected chi connectivity index (χ0v) is 15.2. The lowest BCUT2D eigenvalue weighted by molar-refractivity contribution is 0.119. The van der Waals surface area contributed by atoms with Crippen LogP contribution in [0.4, 0.5) is 0 Å². The Morgan fingerprint density at radius 3 is 2.29 bits per heavy atom. The molecule has 2 rings (SSSR count). The summed E-state index contributed by atoms with van der Waals surface area (Å²) < 4.78 is 0. The van der Waals surface area contributed by atoms with Crippen LogP contribution in [0.25, 0.3) is 0 Å². The van der Waals surface area contributed by atoms with Gasteiger partial charge in [0.2, 0.25) is 0 Å². The zero-order chi connectivity index (χ0) is 15.6. The molecule has 0 saturated carbocycles. The molecule has 1 aromatic rings. The van der Waals surface area contributed by atoms with Crippen LogP contribution in [0.5, 0.6) is 0 Å². The minimum atomic E-state index is 0.243. The van der Waals surface area contributed by atoms with E-state index in [0.717, 1.165) is 18.4 Å². The molecule has 21 heavy (non-hydrogen) atoms. The molecule has 2 N–H and O–H groups in total. The Balaban J connectivity index is 2.05. The molecule has 1 fully saturated rings. The average molecular weight is 309 g/mol. The average Bonchev–Trinajstić information content (AvgIpc) is 2.90. The Bertz CT molecular complexity index is 436. The standard InChI is InChI=1S/C18H32N2S/c1-13(2)14-8-10-20(11-9-14)15(12-19)16-6-7-17(21-16)18(3,4)5/h6-7,13-15H,8-12,19H2,1-5H3. The molecule has 0 amide bonds. The van der Waals surface area contributed by atoms with Gasteiger partial charge in [-0.3, -0.25) is 4.90 Å². The SMILES string of the molecule is CC(C)C1CCN(C(CN)c2ccc(C(C)(C)C)s2)CC1. The van der Waals surface area contributed by atoms with Crippen molar-refractivity contribution >= 4 is 11.3 Å². The molecule has 3 heteroatoms. The molecule has 0 bridgehead atoms. The third-order valence-electron chi connectivity index (χ3n) is 4.88. The molecule has 0 aromatic carbocycles. The number of hydrogen-bond donors (Lipinski definition) is 1. The Morgan fingerprint density at radius 1 is 1.24 bits per heavy atom. The number of likely N-dealkylation sites (tertiary alicyclic amines) is 1. The second kappa shape index (κ2) is 6.80. The van der Waals surface area contributed by atoms with Crippen LogP contribution in [0.3, 0.4) is 0 Å². The van der Waals surface area contributed by atoms with Crippen molar-refractivity contribution in [2.45, 2.75) is 58.9 Å². The quantitative estimate of drug-likeness (QED) is 0.892. The van der Waals surface area contributed by atoms with Crippen molar-refractivity contribution < 1.29 is 0 Å². The molecule has 1 saturated heterocycles. The fourth-order valence-electron chi connectivity index (χ4n) is 3.28. The summed E-state index contributed by atoms with van der Waals surface area (Å²) in [5.74, 6) is 1.71. The summed E-state index contributed by atoms with van der Waals surface area (Å²) >= 11 is 1.95. The van der Waals surface area contributed by atoms with Crippen LogP contribution in [0.15, 0.2) is 12.1 Å². The minimum Gasteiger partial charge on any atom is -0.329 e. The van der Waals surface area contributed by atoms with Gasteiger partial charge in [-0.25, -0.2) is 0 Å². The van der Waals surface area contributed by atoms with E-state index in [0.29, 0.717) is 6.04 Å². The van der Waals surface area contributed by atoms with Crippen LogP contribution in [0, 0.1) is 11.8 Å². The number of nitrogens with zero attached hydrogens (tertiary/aromatic N) is 1. The maximum atomic E-state index is 6.11. The molecule has 0 spiro atoms.